The van der Waals surface area contributed by atoms with E-state index in [1.54, 1.807) is 11.3 Å². The average molecular weight is 210 g/mol. The molecule has 0 saturated heterocycles. The quantitative estimate of drug-likeness (QED) is 0.697. The van der Waals surface area contributed by atoms with Crippen molar-refractivity contribution < 1.29 is 0 Å². The van der Waals surface area contributed by atoms with Crippen LogP contribution in [0.2, 0.25) is 4.34 Å². The molecule has 0 saturated carbocycles. The van der Waals surface area contributed by atoms with Gasteiger partial charge < -0.3 is 0 Å². The molecule has 0 radical (unpaired) electrons. The predicted octanol–water partition coefficient (Wildman–Crippen LogP) is 3.77. The molecule has 1 nitrogen and oxygen atoms in total. The molecule has 2 heterocycles. The van der Waals surface area contributed by atoms with Crippen molar-refractivity contribution in [3.05, 3.63) is 40.4 Å². The van der Waals surface area contributed by atoms with E-state index in [1.165, 1.54) is 5.56 Å². The van der Waals surface area contributed by atoms with Crippen LogP contribution in [0.25, 0.3) is 10.6 Å². The Morgan fingerprint density at radius 3 is 2.77 bits per heavy atom. The summed E-state index contributed by atoms with van der Waals surface area (Å²) in [5.74, 6) is 0. The van der Waals surface area contributed by atoms with E-state index < -0.39 is 0 Å². The maximum Gasteiger partial charge on any atom is 0.0935 e. The van der Waals surface area contributed by atoms with Crippen LogP contribution in [0.5, 0.6) is 0 Å². The smallest absolute Gasteiger partial charge is 0.0935 e. The molecule has 0 aliphatic heterocycles. The third kappa shape index (κ3) is 1.90. The van der Waals surface area contributed by atoms with Crippen molar-refractivity contribution in [2.45, 2.75) is 6.92 Å². The summed E-state index contributed by atoms with van der Waals surface area (Å²) in [4.78, 5) is 5.39. The van der Waals surface area contributed by atoms with Gasteiger partial charge in [0, 0.05) is 6.20 Å². The van der Waals surface area contributed by atoms with Gasteiger partial charge in [0.2, 0.25) is 0 Å². The molecule has 0 fully saturated rings. The molecular weight excluding hydrogens is 202 g/mol. The third-order valence-corrected chi connectivity index (χ3v) is 2.99. The molecule has 0 aliphatic carbocycles. The number of halogens is 1. The Kier molecular flexibility index (Phi) is 2.34. The first-order valence-electron chi connectivity index (χ1n) is 3.94. The number of hydrogen-bond donors (Lipinski definition) is 0. The second kappa shape index (κ2) is 3.48. The summed E-state index contributed by atoms with van der Waals surface area (Å²) in [5.41, 5.74) is 2.21. The Morgan fingerprint density at radius 2 is 2.15 bits per heavy atom. The van der Waals surface area contributed by atoms with Crippen LogP contribution in [0.3, 0.4) is 0 Å². The minimum absolute atomic E-state index is 0.804. The molecule has 2 rings (SSSR count). The van der Waals surface area contributed by atoms with Gasteiger partial charge >= 0.3 is 0 Å². The first-order valence-corrected chi connectivity index (χ1v) is 5.13. The van der Waals surface area contributed by atoms with Crippen molar-refractivity contribution in [2.24, 2.45) is 0 Å². The molecule has 0 atom stereocenters. The summed E-state index contributed by atoms with van der Waals surface area (Å²) in [7, 11) is 0. The largest absolute Gasteiger partial charge is 0.255 e. The van der Waals surface area contributed by atoms with Gasteiger partial charge in [-0.1, -0.05) is 11.6 Å². The van der Waals surface area contributed by atoms with Crippen molar-refractivity contribution in [2.75, 3.05) is 0 Å². The lowest BCUT2D eigenvalue weighted by atomic mass is 10.2. The Hall–Kier alpha value is -0.860. The molecule has 0 aliphatic rings. The molecule has 13 heavy (non-hydrogen) atoms. The van der Waals surface area contributed by atoms with E-state index in [4.69, 9.17) is 11.6 Å². The van der Waals surface area contributed by atoms with Gasteiger partial charge in [0.05, 0.1) is 14.9 Å². The summed E-state index contributed by atoms with van der Waals surface area (Å²) < 4.78 is 0.804. The minimum atomic E-state index is 0.804. The topological polar surface area (TPSA) is 12.9 Å². The van der Waals surface area contributed by atoms with Crippen LogP contribution in [-0.4, -0.2) is 4.98 Å². The standard InChI is InChI=1S/C10H8ClNS/c1-7-4-5-12-8(6-7)9-2-3-10(11)13-9/h2-6H,1H3. The zero-order chi connectivity index (χ0) is 9.26. The SMILES string of the molecule is Cc1ccnc(-c2ccc(Cl)s2)c1. The molecule has 0 spiro atoms. The van der Waals surface area contributed by atoms with Crippen LogP contribution in [0, 0.1) is 6.92 Å². The van der Waals surface area contributed by atoms with Crippen molar-refractivity contribution in [1.29, 1.82) is 0 Å². The van der Waals surface area contributed by atoms with Gasteiger partial charge in [-0.05, 0) is 36.8 Å². The fourth-order valence-corrected chi connectivity index (χ4v) is 2.13. The first kappa shape index (κ1) is 8.73. The lowest BCUT2D eigenvalue weighted by Crippen LogP contribution is -1.79. The molecule has 0 unspecified atom stereocenters. The second-order valence-electron chi connectivity index (χ2n) is 2.82. The van der Waals surface area contributed by atoms with Gasteiger partial charge in [-0.15, -0.1) is 11.3 Å². The van der Waals surface area contributed by atoms with Crippen LogP contribution in [0.15, 0.2) is 30.5 Å². The van der Waals surface area contributed by atoms with Crippen molar-refractivity contribution in [3.63, 3.8) is 0 Å². The highest BCUT2D eigenvalue weighted by Crippen LogP contribution is 2.29. The van der Waals surface area contributed by atoms with E-state index in [0.717, 1.165) is 14.9 Å². The van der Waals surface area contributed by atoms with Gasteiger partial charge in [-0.2, -0.15) is 0 Å². The molecular formula is C10H8ClNS. The van der Waals surface area contributed by atoms with Crippen LogP contribution in [0.4, 0.5) is 0 Å². The number of thiophene rings is 1. The zero-order valence-corrected chi connectivity index (χ0v) is 8.69. The monoisotopic (exact) mass is 209 g/mol. The van der Waals surface area contributed by atoms with E-state index in [0.29, 0.717) is 0 Å². The number of rotatable bonds is 1. The van der Waals surface area contributed by atoms with E-state index in [-0.39, 0.29) is 0 Å². The molecule has 0 amide bonds. The van der Waals surface area contributed by atoms with Gasteiger partial charge in [0.15, 0.2) is 0 Å². The van der Waals surface area contributed by atoms with Gasteiger partial charge in [-0.25, -0.2) is 0 Å². The lowest BCUT2D eigenvalue weighted by Gasteiger charge is -1.96. The molecule has 0 N–H and O–H groups in total. The van der Waals surface area contributed by atoms with E-state index in [1.807, 2.05) is 24.4 Å². The summed E-state index contributed by atoms with van der Waals surface area (Å²) in [6, 6.07) is 7.93. The maximum absolute atomic E-state index is 5.84. The maximum atomic E-state index is 5.84. The van der Waals surface area contributed by atoms with Gasteiger partial charge in [0.25, 0.3) is 0 Å². The molecule has 2 aromatic rings. The summed E-state index contributed by atoms with van der Waals surface area (Å²) in [6.07, 6.45) is 1.82. The van der Waals surface area contributed by atoms with Crippen LogP contribution in [0.1, 0.15) is 5.56 Å². The number of pyridine rings is 1. The molecule has 0 aromatic carbocycles. The second-order valence-corrected chi connectivity index (χ2v) is 4.54. The normalized spacial score (nSPS) is 10.3. The highest BCUT2D eigenvalue weighted by atomic mass is 35.5. The molecule has 0 bridgehead atoms. The highest BCUT2D eigenvalue weighted by molar-refractivity contribution is 7.19. The Labute approximate surface area is 86.0 Å². The number of nitrogens with zero attached hydrogens (tertiary/aromatic N) is 1. The lowest BCUT2D eigenvalue weighted by molar-refractivity contribution is 1.30. The highest BCUT2D eigenvalue weighted by Gasteiger charge is 2.01. The number of hydrogen-bond acceptors (Lipinski definition) is 2. The van der Waals surface area contributed by atoms with Crippen molar-refractivity contribution in [1.82, 2.24) is 4.98 Å². The first-order chi connectivity index (χ1) is 6.25. The molecule has 3 heteroatoms. The van der Waals surface area contributed by atoms with Crippen LogP contribution < -0.4 is 0 Å². The summed E-state index contributed by atoms with van der Waals surface area (Å²) in [5, 5.41) is 0. The minimum Gasteiger partial charge on any atom is -0.255 e. The fourth-order valence-electron chi connectivity index (χ4n) is 1.12. The van der Waals surface area contributed by atoms with Gasteiger partial charge in [0.1, 0.15) is 0 Å². The Balaban J connectivity index is 2.46. The Morgan fingerprint density at radius 1 is 1.31 bits per heavy atom. The predicted molar refractivity (Wildman–Crippen MR) is 57.3 cm³/mol. The zero-order valence-electron chi connectivity index (χ0n) is 7.12. The molecule has 2 aromatic heterocycles. The fraction of sp³-hybridized carbons (Fsp3) is 0.100. The third-order valence-electron chi connectivity index (χ3n) is 1.74. The van der Waals surface area contributed by atoms with Crippen LogP contribution in [-0.2, 0) is 0 Å². The van der Waals surface area contributed by atoms with E-state index in [2.05, 4.69) is 18.0 Å². The number of aryl methyl sites for hydroxylation is 1. The Bertz CT molecular complexity index is 422. The van der Waals surface area contributed by atoms with E-state index in [9.17, 15) is 0 Å². The van der Waals surface area contributed by atoms with Crippen LogP contribution >= 0.6 is 22.9 Å². The summed E-state index contributed by atoms with van der Waals surface area (Å²) in [6.45, 7) is 2.06. The average Bonchev–Trinajstić information content (AvgIpc) is 2.52. The number of aromatic nitrogens is 1. The molecule has 66 valence electrons. The van der Waals surface area contributed by atoms with Crippen molar-refractivity contribution >= 4 is 22.9 Å². The van der Waals surface area contributed by atoms with Gasteiger partial charge in [-0.3, -0.25) is 4.98 Å². The summed E-state index contributed by atoms with van der Waals surface area (Å²) >= 11 is 7.39. The van der Waals surface area contributed by atoms with E-state index >= 15 is 0 Å². The van der Waals surface area contributed by atoms with Crippen molar-refractivity contribution in [3.8, 4) is 10.6 Å².